The van der Waals surface area contributed by atoms with Crippen LogP contribution in [-0.2, 0) is 19.6 Å². The maximum absolute atomic E-state index is 13.4. The topological polar surface area (TPSA) is 105 Å². The molecule has 0 radical (unpaired) electrons. The molecule has 0 saturated carbocycles. The maximum atomic E-state index is 13.4. The average molecular weight is 444 g/mol. The zero-order valence-corrected chi connectivity index (χ0v) is 18.3. The van der Waals surface area contributed by atoms with Gasteiger partial charge in [0.05, 0.1) is 16.5 Å². The van der Waals surface area contributed by atoms with Crippen molar-refractivity contribution in [2.24, 2.45) is 5.92 Å². The summed E-state index contributed by atoms with van der Waals surface area (Å²) in [4.78, 5) is 24.4. The summed E-state index contributed by atoms with van der Waals surface area (Å²) >= 11 is 0. The van der Waals surface area contributed by atoms with Crippen molar-refractivity contribution in [3.63, 3.8) is 0 Å². The Morgan fingerprint density at radius 2 is 2.03 bits per heavy atom. The molecule has 2 aromatic rings. The summed E-state index contributed by atoms with van der Waals surface area (Å²) < 4.78 is 33.5. The fourth-order valence-electron chi connectivity index (χ4n) is 3.97. The largest absolute Gasteiger partial charge is 0.482 e. The minimum Gasteiger partial charge on any atom is -0.482 e. The van der Waals surface area contributed by atoms with Crippen molar-refractivity contribution in [1.29, 1.82) is 0 Å². The minimum absolute atomic E-state index is 0.119. The van der Waals surface area contributed by atoms with Gasteiger partial charge in [0.15, 0.2) is 6.61 Å². The molecule has 0 bridgehead atoms. The Morgan fingerprint density at radius 1 is 1.23 bits per heavy atom. The fraction of sp³-hybridized carbons (Fsp3) is 0.364. The van der Waals surface area contributed by atoms with Crippen LogP contribution < -0.4 is 15.4 Å². The van der Waals surface area contributed by atoms with Crippen LogP contribution >= 0.6 is 0 Å². The zero-order chi connectivity index (χ0) is 22.2. The molecule has 9 heteroatoms. The summed E-state index contributed by atoms with van der Waals surface area (Å²) in [7, 11) is -3.83. The first-order valence-corrected chi connectivity index (χ1v) is 11.6. The number of hydrogen-bond acceptors (Lipinski definition) is 5. The third-order valence-electron chi connectivity index (χ3n) is 5.57. The first-order valence-electron chi connectivity index (χ1n) is 10.2. The van der Waals surface area contributed by atoms with Gasteiger partial charge >= 0.3 is 0 Å². The predicted molar refractivity (Wildman–Crippen MR) is 117 cm³/mol. The Morgan fingerprint density at radius 3 is 2.81 bits per heavy atom. The van der Waals surface area contributed by atoms with Crippen molar-refractivity contribution in [3.8, 4) is 5.75 Å². The Kier molecular flexibility index (Phi) is 5.72. The summed E-state index contributed by atoms with van der Waals surface area (Å²) in [6.45, 7) is 3.94. The third-order valence-corrected chi connectivity index (χ3v) is 7.58. The van der Waals surface area contributed by atoms with Gasteiger partial charge in [0.1, 0.15) is 5.75 Å². The van der Waals surface area contributed by atoms with Gasteiger partial charge in [-0.15, -0.1) is 0 Å². The van der Waals surface area contributed by atoms with Gasteiger partial charge < -0.3 is 15.4 Å². The van der Waals surface area contributed by atoms with Gasteiger partial charge in [-0.1, -0.05) is 12.1 Å². The highest BCUT2D eigenvalue weighted by atomic mass is 32.2. The number of hydrogen-bond donors (Lipinski definition) is 2. The van der Waals surface area contributed by atoms with Crippen LogP contribution in [0.2, 0.25) is 0 Å². The lowest BCUT2D eigenvalue weighted by Crippen LogP contribution is -2.43. The van der Waals surface area contributed by atoms with E-state index in [1.807, 2.05) is 31.2 Å². The van der Waals surface area contributed by atoms with Crippen molar-refractivity contribution >= 4 is 33.2 Å². The number of nitrogens with one attached hydrogen (secondary N) is 2. The number of amides is 2. The molecule has 2 aliphatic heterocycles. The summed E-state index contributed by atoms with van der Waals surface area (Å²) in [5.41, 5.74) is 2.71. The fourth-order valence-corrected chi connectivity index (χ4v) is 5.72. The van der Waals surface area contributed by atoms with Gasteiger partial charge in [0.25, 0.3) is 5.91 Å². The molecule has 2 N–H and O–H groups in total. The van der Waals surface area contributed by atoms with Gasteiger partial charge in [-0.05, 0) is 56.0 Å². The van der Waals surface area contributed by atoms with E-state index in [1.165, 1.54) is 10.4 Å². The monoisotopic (exact) mass is 443 g/mol. The van der Waals surface area contributed by atoms with Crippen LogP contribution in [0.1, 0.15) is 24.0 Å². The van der Waals surface area contributed by atoms with Crippen molar-refractivity contribution < 1.29 is 22.7 Å². The van der Waals surface area contributed by atoms with Crippen molar-refractivity contribution in [2.75, 3.05) is 30.3 Å². The van der Waals surface area contributed by atoms with E-state index in [1.54, 1.807) is 13.0 Å². The number of sulfonamides is 1. The summed E-state index contributed by atoms with van der Waals surface area (Å²) in [6.07, 6.45) is 1.23. The number of piperidine rings is 1. The highest BCUT2D eigenvalue weighted by Gasteiger charge is 2.35. The summed E-state index contributed by atoms with van der Waals surface area (Å²) in [6, 6.07) is 10.6. The maximum Gasteiger partial charge on any atom is 0.262 e. The number of rotatable bonds is 4. The van der Waals surface area contributed by atoms with Crippen LogP contribution in [0, 0.1) is 19.8 Å². The van der Waals surface area contributed by atoms with Crippen molar-refractivity contribution in [3.05, 3.63) is 47.5 Å². The van der Waals surface area contributed by atoms with Gasteiger partial charge in [0.2, 0.25) is 15.9 Å². The van der Waals surface area contributed by atoms with E-state index in [0.717, 1.165) is 5.56 Å². The second-order valence-electron chi connectivity index (χ2n) is 8.01. The lowest BCUT2D eigenvalue weighted by molar-refractivity contribution is -0.121. The van der Waals surface area contributed by atoms with E-state index in [0.29, 0.717) is 42.1 Å². The zero-order valence-electron chi connectivity index (χ0n) is 17.5. The molecular weight excluding hydrogens is 418 g/mol. The highest BCUT2D eigenvalue weighted by molar-refractivity contribution is 7.89. The molecule has 4 rings (SSSR count). The molecule has 0 aliphatic carbocycles. The highest BCUT2D eigenvalue weighted by Crippen LogP contribution is 2.35. The van der Waals surface area contributed by atoms with Crippen LogP contribution in [0.3, 0.4) is 0 Å². The molecule has 1 atom stereocenters. The molecule has 1 saturated heterocycles. The van der Waals surface area contributed by atoms with Crippen molar-refractivity contribution in [1.82, 2.24) is 4.31 Å². The minimum atomic E-state index is -3.83. The van der Waals surface area contributed by atoms with E-state index in [9.17, 15) is 18.0 Å². The smallest absolute Gasteiger partial charge is 0.262 e. The number of aryl methyl sites for hydroxylation is 2. The molecule has 31 heavy (non-hydrogen) atoms. The average Bonchev–Trinajstić information content (AvgIpc) is 2.73. The van der Waals surface area contributed by atoms with E-state index in [-0.39, 0.29) is 29.9 Å². The number of ether oxygens (including phenoxy) is 1. The Hall–Kier alpha value is -2.91. The Balaban J connectivity index is 1.53. The molecule has 2 aliphatic rings. The number of carbonyl (C=O) groups is 2. The number of carbonyl (C=O) groups excluding carboxylic acids is 2. The molecule has 0 aromatic heterocycles. The van der Waals surface area contributed by atoms with Crippen LogP contribution in [0.15, 0.2) is 41.3 Å². The summed E-state index contributed by atoms with van der Waals surface area (Å²) in [5, 5.41) is 5.58. The number of nitrogens with zero attached hydrogens (tertiary/aromatic N) is 1. The normalized spacial score (nSPS) is 19.2. The molecule has 1 fully saturated rings. The Bertz CT molecular complexity index is 1150. The summed E-state index contributed by atoms with van der Waals surface area (Å²) in [5.74, 6) is -0.563. The quantitative estimate of drug-likeness (QED) is 0.756. The van der Waals surface area contributed by atoms with Gasteiger partial charge in [-0.25, -0.2) is 8.42 Å². The molecule has 2 heterocycles. The lowest BCUT2D eigenvalue weighted by atomic mass is 9.98. The van der Waals surface area contributed by atoms with Crippen LogP contribution in [0.5, 0.6) is 5.75 Å². The van der Waals surface area contributed by atoms with E-state index in [2.05, 4.69) is 10.6 Å². The van der Waals surface area contributed by atoms with Gasteiger partial charge in [-0.2, -0.15) is 4.31 Å². The molecule has 0 unspecified atom stereocenters. The second-order valence-corrected chi connectivity index (χ2v) is 9.92. The van der Waals surface area contributed by atoms with Crippen LogP contribution in [-0.4, -0.2) is 44.2 Å². The second kappa shape index (κ2) is 8.32. The molecule has 164 valence electrons. The SMILES string of the molecule is Cc1cccc(NC(=O)[C@@H]2CCCN(S(=O)(=O)c3cc4c(cc3C)NC(=O)CO4)C2)c1. The van der Waals surface area contributed by atoms with Gasteiger partial charge in [0, 0.05) is 24.8 Å². The van der Waals surface area contributed by atoms with E-state index >= 15 is 0 Å². The van der Waals surface area contributed by atoms with Crippen molar-refractivity contribution in [2.45, 2.75) is 31.6 Å². The number of fused-ring (bicyclic) bond motifs is 1. The standard InChI is InChI=1S/C22H25N3O5S/c1-14-5-3-7-17(9-14)23-22(27)16-6-4-8-25(12-16)31(28,29)20-11-19-18(10-15(20)2)24-21(26)13-30-19/h3,5,7,9-11,16H,4,6,8,12-13H2,1-2H3,(H,23,27)(H,24,26)/t16-/m1/s1. The van der Waals surface area contributed by atoms with Crippen LogP contribution in [0.4, 0.5) is 11.4 Å². The van der Waals surface area contributed by atoms with E-state index in [4.69, 9.17) is 4.74 Å². The van der Waals surface area contributed by atoms with Crippen LogP contribution in [0.25, 0.3) is 0 Å². The first-order chi connectivity index (χ1) is 14.7. The van der Waals surface area contributed by atoms with E-state index < -0.39 is 15.9 Å². The molecular formula is C22H25N3O5S. The van der Waals surface area contributed by atoms with Gasteiger partial charge in [-0.3, -0.25) is 9.59 Å². The third kappa shape index (κ3) is 4.42. The number of benzene rings is 2. The molecule has 2 amide bonds. The number of anilines is 2. The molecule has 8 nitrogen and oxygen atoms in total. The first kappa shape index (κ1) is 21.3. The Labute approximate surface area is 181 Å². The molecule has 0 spiro atoms. The predicted octanol–water partition coefficient (Wildman–Crippen LogP) is 2.67. The molecule has 2 aromatic carbocycles. The lowest BCUT2D eigenvalue weighted by Gasteiger charge is -2.32.